The van der Waals surface area contributed by atoms with Gasteiger partial charge in [-0.3, -0.25) is 0 Å². The zero-order valence-electron chi connectivity index (χ0n) is 9.71. The molecule has 0 heterocycles. The third-order valence-corrected chi connectivity index (χ3v) is 2.17. The quantitative estimate of drug-likeness (QED) is 0.765. The van der Waals surface area contributed by atoms with Crippen molar-refractivity contribution in [3.8, 4) is 0 Å². The maximum Gasteiger partial charge on any atom is 0.410 e. The number of carbonyl (C=O) groups is 1. The predicted octanol–water partition coefficient (Wildman–Crippen LogP) is 1.80. The maximum absolute atomic E-state index is 11.6. The van der Waals surface area contributed by atoms with Crippen molar-refractivity contribution in [3.63, 3.8) is 0 Å². The summed E-state index contributed by atoms with van der Waals surface area (Å²) in [5.41, 5.74) is 0.997. The van der Waals surface area contributed by atoms with Gasteiger partial charge in [-0.05, 0) is 5.56 Å². The van der Waals surface area contributed by atoms with Crippen molar-refractivity contribution in [1.82, 2.24) is 4.90 Å². The molecule has 0 fully saturated rings. The summed E-state index contributed by atoms with van der Waals surface area (Å²) in [6.45, 7) is 4.25. The van der Waals surface area contributed by atoms with Crippen LogP contribution < -0.4 is 0 Å². The van der Waals surface area contributed by atoms with E-state index in [9.17, 15) is 4.79 Å². The van der Waals surface area contributed by atoms with Gasteiger partial charge in [-0.25, -0.2) is 4.79 Å². The number of carbonyl (C=O) groups excluding carboxylic acids is 1. The Morgan fingerprint density at radius 2 is 2.12 bits per heavy atom. The molecule has 17 heavy (non-hydrogen) atoms. The summed E-state index contributed by atoms with van der Waals surface area (Å²) in [5.74, 6) is 0. The SMILES string of the molecule is C=CCOC(=O)N(CCO)Cc1ccccc1. The van der Waals surface area contributed by atoms with E-state index in [0.29, 0.717) is 6.54 Å². The number of ether oxygens (including phenoxy) is 1. The number of rotatable bonds is 6. The summed E-state index contributed by atoms with van der Waals surface area (Å²) in [7, 11) is 0. The van der Waals surface area contributed by atoms with Crippen LogP contribution in [0.5, 0.6) is 0 Å². The summed E-state index contributed by atoms with van der Waals surface area (Å²) in [6.07, 6.45) is 1.07. The first-order valence-electron chi connectivity index (χ1n) is 5.45. The zero-order chi connectivity index (χ0) is 12.5. The molecule has 0 spiro atoms. The fraction of sp³-hybridized carbons (Fsp3) is 0.308. The number of hydrogen-bond donors (Lipinski definition) is 1. The Balaban J connectivity index is 2.59. The average Bonchev–Trinajstić information content (AvgIpc) is 2.36. The van der Waals surface area contributed by atoms with E-state index in [1.165, 1.54) is 11.0 Å². The maximum atomic E-state index is 11.6. The molecule has 1 rings (SSSR count). The molecule has 0 saturated carbocycles. The van der Waals surface area contributed by atoms with Crippen LogP contribution in [0.4, 0.5) is 4.79 Å². The van der Waals surface area contributed by atoms with Crippen LogP contribution in [0.2, 0.25) is 0 Å². The van der Waals surface area contributed by atoms with Crippen LogP contribution in [0, 0.1) is 0 Å². The highest BCUT2D eigenvalue weighted by Gasteiger charge is 2.14. The van der Waals surface area contributed by atoms with Crippen LogP contribution in [0.25, 0.3) is 0 Å². The first-order valence-corrected chi connectivity index (χ1v) is 5.45. The molecular weight excluding hydrogens is 218 g/mol. The van der Waals surface area contributed by atoms with Gasteiger partial charge in [0, 0.05) is 13.1 Å². The molecule has 92 valence electrons. The molecule has 4 nitrogen and oxygen atoms in total. The van der Waals surface area contributed by atoms with Gasteiger partial charge in [0.15, 0.2) is 0 Å². The van der Waals surface area contributed by atoms with Gasteiger partial charge < -0.3 is 14.7 Å². The molecule has 0 aromatic heterocycles. The van der Waals surface area contributed by atoms with Crippen molar-refractivity contribution in [2.24, 2.45) is 0 Å². The fourth-order valence-electron chi connectivity index (χ4n) is 1.38. The van der Waals surface area contributed by atoms with Gasteiger partial charge in [0.1, 0.15) is 6.61 Å². The number of aliphatic hydroxyl groups excluding tert-OH is 1. The molecule has 0 saturated heterocycles. The first kappa shape index (κ1) is 13.3. The molecule has 0 radical (unpaired) electrons. The Bertz CT molecular complexity index is 351. The summed E-state index contributed by atoms with van der Waals surface area (Å²) in [4.78, 5) is 13.1. The van der Waals surface area contributed by atoms with Crippen molar-refractivity contribution in [2.45, 2.75) is 6.54 Å². The summed E-state index contributed by atoms with van der Waals surface area (Å²) in [6, 6.07) is 9.56. The standard InChI is InChI=1S/C13H17NO3/c1-2-10-17-13(16)14(8-9-15)11-12-6-4-3-5-7-12/h2-7,15H,1,8-11H2. The molecule has 1 aromatic rings. The topological polar surface area (TPSA) is 49.8 Å². The fourth-order valence-corrected chi connectivity index (χ4v) is 1.38. The van der Waals surface area contributed by atoms with Crippen molar-refractivity contribution in [2.75, 3.05) is 19.8 Å². The number of aliphatic hydroxyl groups is 1. The Hall–Kier alpha value is -1.81. The normalized spacial score (nSPS) is 9.71. The molecule has 0 bridgehead atoms. The second-order valence-corrected chi connectivity index (χ2v) is 3.50. The minimum atomic E-state index is -0.442. The van der Waals surface area contributed by atoms with Gasteiger partial charge in [0.2, 0.25) is 0 Å². The highest BCUT2D eigenvalue weighted by molar-refractivity contribution is 5.67. The third-order valence-electron chi connectivity index (χ3n) is 2.17. The first-order chi connectivity index (χ1) is 8.27. The number of amides is 1. The van der Waals surface area contributed by atoms with Crippen LogP contribution >= 0.6 is 0 Å². The Labute approximate surface area is 101 Å². The number of nitrogens with zero attached hydrogens (tertiary/aromatic N) is 1. The second-order valence-electron chi connectivity index (χ2n) is 3.50. The molecule has 1 amide bonds. The highest BCUT2D eigenvalue weighted by atomic mass is 16.6. The van der Waals surface area contributed by atoms with E-state index in [-0.39, 0.29) is 19.8 Å². The van der Waals surface area contributed by atoms with Gasteiger partial charge in [-0.2, -0.15) is 0 Å². The second kappa shape index (κ2) is 7.46. The van der Waals surface area contributed by atoms with Crippen molar-refractivity contribution >= 4 is 6.09 Å². The molecule has 0 aliphatic rings. The van der Waals surface area contributed by atoms with E-state index in [1.54, 1.807) is 0 Å². The van der Waals surface area contributed by atoms with Crippen LogP contribution in [0.1, 0.15) is 5.56 Å². The van der Waals surface area contributed by atoms with E-state index in [4.69, 9.17) is 9.84 Å². The average molecular weight is 235 g/mol. The van der Waals surface area contributed by atoms with Gasteiger partial charge in [0.05, 0.1) is 6.61 Å². The lowest BCUT2D eigenvalue weighted by molar-refractivity contribution is 0.100. The smallest absolute Gasteiger partial charge is 0.410 e. The lowest BCUT2D eigenvalue weighted by atomic mass is 10.2. The van der Waals surface area contributed by atoms with Gasteiger partial charge in [-0.1, -0.05) is 43.0 Å². The minimum Gasteiger partial charge on any atom is -0.445 e. The third kappa shape index (κ3) is 4.70. The van der Waals surface area contributed by atoms with Crippen LogP contribution in [-0.4, -0.2) is 35.9 Å². The molecule has 0 aliphatic carbocycles. The molecule has 0 unspecified atom stereocenters. The van der Waals surface area contributed by atoms with E-state index in [2.05, 4.69) is 6.58 Å². The predicted molar refractivity (Wildman–Crippen MR) is 65.5 cm³/mol. The zero-order valence-corrected chi connectivity index (χ0v) is 9.71. The van der Waals surface area contributed by atoms with E-state index >= 15 is 0 Å². The Morgan fingerprint density at radius 3 is 2.71 bits per heavy atom. The molecule has 1 N–H and O–H groups in total. The van der Waals surface area contributed by atoms with Gasteiger partial charge in [0.25, 0.3) is 0 Å². The van der Waals surface area contributed by atoms with Crippen molar-refractivity contribution in [1.29, 1.82) is 0 Å². The monoisotopic (exact) mass is 235 g/mol. The molecule has 0 aliphatic heterocycles. The lowest BCUT2D eigenvalue weighted by Gasteiger charge is -2.20. The molecule has 4 heteroatoms. The van der Waals surface area contributed by atoms with E-state index in [1.807, 2.05) is 30.3 Å². The van der Waals surface area contributed by atoms with Crippen LogP contribution in [-0.2, 0) is 11.3 Å². The largest absolute Gasteiger partial charge is 0.445 e. The lowest BCUT2D eigenvalue weighted by Crippen LogP contribution is -2.33. The van der Waals surface area contributed by atoms with Crippen molar-refractivity contribution < 1.29 is 14.6 Å². The highest BCUT2D eigenvalue weighted by Crippen LogP contribution is 2.05. The number of hydrogen-bond acceptors (Lipinski definition) is 3. The summed E-state index contributed by atoms with van der Waals surface area (Å²) >= 11 is 0. The molecule has 1 aromatic carbocycles. The van der Waals surface area contributed by atoms with Gasteiger partial charge in [-0.15, -0.1) is 0 Å². The van der Waals surface area contributed by atoms with E-state index in [0.717, 1.165) is 5.56 Å². The minimum absolute atomic E-state index is 0.0873. The Morgan fingerprint density at radius 1 is 1.41 bits per heavy atom. The summed E-state index contributed by atoms with van der Waals surface area (Å²) in [5, 5.41) is 8.92. The number of benzene rings is 1. The van der Waals surface area contributed by atoms with Crippen LogP contribution in [0.15, 0.2) is 43.0 Å². The molecule has 0 atom stereocenters. The van der Waals surface area contributed by atoms with E-state index < -0.39 is 6.09 Å². The Kier molecular flexibility index (Phi) is 5.82. The molecular formula is C13H17NO3. The van der Waals surface area contributed by atoms with Crippen molar-refractivity contribution in [3.05, 3.63) is 48.6 Å². The summed E-state index contributed by atoms with van der Waals surface area (Å²) < 4.78 is 4.94. The van der Waals surface area contributed by atoms with Crippen LogP contribution in [0.3, 0.4) is 0 Å². The van der Waals surface area contributed by atoms with Gasteiger partial charge >= 0.3 is 6.09 Å².